The highest BCUT2D eigenvalue weighted by Crippen LogP contribution is 2.31. The van der Waals surface area contributed by atoms with Gasteiger partial charge in [0.2, 0.25) is 0 Å². The van der Waals surface area contributed by atoms with E-state index in [0.717, 1.165) is 28.0 Å². The number of aryl methyl sites for hydroxylation is 1. The van der Waals surface area contributed by atoms with Crippen LogP contribution in [0.2, 0.25) is 0 Å². The van der Waals surface area contributed by atoms with Crippen LogP contribution in [0, 0.1) is 0 Å². The topological polar surface area (TPSA) is 58.0 Å². The first-order chi connectivity index (χ1) is 10.3. The Labute approximate surface area is 127 Å². The SMILES string of the molecule is CCc1cc2c(NCCO)nc(-c3ccccc3)nc2s1. The molecule has 0 radical (unpaired) electrons. The van der Waals surface area contributed by atoms with E-state index in [1.807, 2.05) is 30.3 Å². The molecular weight excluding hydrogens is 282 g/mol. The molecule has 2 aromatic heterocycles. The quantitative estimate of drug-likeness (QED) is 0.759. The van der Waals surface area contributed by atoms with Gasteiger partial charge in [-0.1, -0.05) is 37.3 Å². The van der Waals surface area contributed by atoms with Gasteiger partial charge in [0, 0.05) is 17.0 Å². The summed E-state index contributed by atoms with van der Waals surface area (Å²) in [7, 11) is 0. The van der Waals surface area contributed by atoms with Crippen molar-refractivity contribution in [2.75, 3.05) is 18.5 Å². The van der Waals surface area contributed by atoms with Crippen molar-refractivity contribution in [2.24, 2.45) is 0 Å². The second-order valence-corrected chi connectivity index (χ2v) is 5.81. The van der Waals surface area contributed by atoms with Crippen LogP contribution >= 0.6 is 11.3 Å². The van der Waals surface area contributed by atoms with Crippen LogP contribution in [0.3, 0.4) is 0 Å². The molecule has 0 aliphatic carbocycles. The molecule has 0 spiro atoms. The van der Waals surface area contributed by atoms with Gasteiger partial charge in [-0.25, -0.2) is 9.97 Å². The third-order valence-electron chi connectivity index (χ3n) is 3.23. The summed E-state index contributed by atoms with van der Waals surface area (Å²) in [6.45, 7) is 2.70. The van der Waals surface area contributed by atoms with Crippen LogP contribution in [0.4, 0.5) is 5.82 Å². The van der Waals surface area contributed by atoms with Gasteiger partial charge in [-0.15, -0.1) is 11.3 Å². The van der Waals surface area contributed by atoms with Gasteiger partial charge in [0.25, 0.3) is 0 Å². The van der Waals surface area contributed by atoms with Crippen molar-refractivity contribution < 1.29 is 5.11 Å². The predicted octanol–water partition coefficient (Wildman–Crippen LogP) is 3.32. The maximum atomic E-state index is 9.03. The number of nitrogens with zero attached hydrogens (tertiary/aromatic N) is 2. The molecule has 0 bridgehead atoms. The summed E-state index contributed by atoms with van der Waals surface area (Å²) in [5, 5.41) is 13.3. The number of aliphatic hydroxyl groups is 1. The minimum atomic E-state index is 0.0803. The molecule has 0 saturated heterocycles. The highest BCUT2D eigenvalue weighted by molar-refractivity contribution is 7.18. The first-order valence-corrected chi connectivity index (χ1v) is 7.84. The molecule has 0 aliphatic heterocycles. The number of hydrogen-bond acceptors (Lipinski definition) is 5. The van der Waals surface area contributed by atoms with Gasteiger partial charge in [-0.2, -0.15) is 0 Å². The number of aromatic nitrogens is 2. The third-order valence-corrected chi connectivity index (χ3v) is 4.40. The molecule has 0 unspecified atom stereocenters. The van der Waals surface area contributed by atoms with Crippen molar-refractivity contribution in [3.63, 3.8) is 0 Å². The highest BCUT2D eigenvalue weighted by Gasteiger charge is 2.12. The van der Waals surface area contributed by atoms with Crippen molar-refractivity contribution in [1.29, 1.82) is 0 Å². The van der Waals surface area contributed by atoms with Gasteiger partial charge in [-0.3, -0.25) is 0 Å². The van der Waals surface area contributed by atoms with E-state index >= 15 is 0 Å². The zero-order chi connectivity index (χ0) is 14.7. The molecule has 0 saturated carbocycles. The van der Waals surface area contributed by atoms with Crippen LogP contribution in [0.5, 0.6) is 0 Å². The fourth-order valence-corrected chi connectivity index (χ4v) is 3.14. The van der Waals surface area contributed by atoms with Crippen LogP contribution in [0.1, 0.15) is 11.8 Å². The lowest BCUT2D eigenvalue weighted by molar-refractivity contribution is 0.311. The molecule has 0 fully saturated rings. The van der Waals surface area contributed by atoms with E-state index in [-0.39, 0.29) is 6.61 Å². The maximum absolute atomic E-state index is 9.03. The monoisotopic (exact) mass is 299 g/mol. The molecule has 21 heavy (non-hydrogen) atoms. The van der Waals surface area contributed by atoms with E-state index in [1.165, 1.54) is 4.88 Å². The maximum Gasteiger partial charge on any atom is 0.163 e. The molecule has 3 aromatic rings. The Morgan fingerprint density at radius 1 is 1.19 bits per heavy atom. The zero-order valence-corrected chi connectivity index (χ0v) is 12.7. The minimum absolute atomic E-state index is 0.0803. The third kappa shape index (κ3) is 2.89. The average molecular weight is 299 g/mol. The van der Waals surface area contributed by atoms with E-state index in [4.69, 9.17) is 5.11 Å². The number of anilines is 1. The fourth-order valence-electron chi connectivity index (χ4n) is 2.17. The van der Waals surface area contributed by atoms with Gasteiger partial charge in [0.1, 0.15) is 10.6 Å². The number of rotatable bonds is 5. The van der Waals surface area contributed by atoms with Crippen molar-refractivity contribution in [2.45, 2.75) is 13.3 Å². The van der Waals surface area contributed by atoms with E-state index in [1.54, 1.807) is 11.3 Å². The van der Waals surface area contributed by atoms with E-state index in [2.05, 4.69) is 28.3 Å². The van der Waals surface area contributed by atoms with Crippen molar-refractivity contribution >= 4 is 27.4 Å². The molecule has 108 valence electrons. The normalized spacial score (nSPS) is 11.0. The lowest BCUT2D eigenvalue weighted by atomic mass is 10.2. The molecule has 1 aromatic carbocycles. The molecular formula is C16H17N3OS. The molecule has 0 atom stereocenters. The van der Waals surface area contributed by atoms with Gasteiger partial charge in [-0.05, 0) is 12.5 Å². The summed E-state index contributed by atoms with van der Waals surface area (Å²) in [5.41, 5.74) is 0.998. The molecule has 0 aliphatic rings. The Kier molecular flexibility index (Phi) is 4.13. The Balaban J connectivity index is 2.13. The average Bonchev–Trinajstić information content (AvgIpc) is 2.96. The van der Waals surface area contributed by atoms with Crippen LogP contribution in [0.25, 0.3) is 21.6 Å². The zero-order valence-electron chi connectivity index (χ0n) is 11.8. The Hall–Kier alpha value is -1.98. The number of fused-ring (bicyclic) bond motifs is 1. The van der Waals surface area contributed by atoms with Crippen molar-refractivity contribution in [1.82, 2.24) is 9.97 Å². The second kappa shape index (κ2) is 6.20. The highest BCUT2D eigenvalue weighted by atomic mass is 32.1. The molecule has 4 nitrogen and oxygen atoms in total. The summed E-state index contributed by atoms with van der Waals surface area (Å²) >= 11 is 1.70. The van der Waals surface area contributed by atoms with Crippen LogP contribution in [-0.2, 0) is 6.42 Å². The van der Waals surface area contributed by atoms with E-state index in [9.17, 15) is 0 Å². The van der Waals surface area contributed by atoms with Crippen molar-refractivity contribution in [3.8, 4) is 11.4 Å². The van der Waals surface area contributed by atoms with Gasteiger partial charge in [0.05, 0.1) is 12.0 Å². The minimum Gasteiger partial charge on any atom is -0.395 e. The fraction of sp³-hybridized carbons (Fsp3) is 0.250. The lowest BCUT2D eigenvalue weighted by Crippen LogP contribution is -2.08. The Bertz CT molecular complexity index is 740. The first kappa shape index (κ1) is 14.0. The van der Waals surface area contributed by atoms with E-state index in [0.29, 0.717) is 12.4 Å². The number of benzene rings is 1. The smallest absolute Gasteiger partial charge is 0.163 e. The molecule has 2 N–H and O–H groups in total. The number of hydrogen-bond donors (Lipinski definition) is 2. The largest absolute Gasteiger partial charge is 0.395 e. The number of nitrogens with one attached hydrogen (secondary N) is 1. The van der Waals surface area contributed by atoms with Gasteiger partial charge >= 0.3 is 0 Å². The van der Waals surface area contributed by atoms with Crippen LogP contribution < -0.4 is 5.32 Å². The second-order valence-electron chi connectivity index (χ2n) is 4.70. The van der Waals surface area contributed by atoms with Crippen molar-refractivity contribution in [3.05, 3.63) is 41.3 Å². The Morgan fingerprint density at radius 2 is 2.00 bits per heavy atom. The van der Waals surface area contributed by atoms with Gasteiger partial charge < -0.3 is 10.4 Å². The molecule has 0 amide bonds. The summed E-state index contributed by atoms with van der Waals surface area (Å²) in [6, 6.07) is 12.1. The summed E-state index contributed by atoms with van der Waals surface area (Å²) in [6.07, 6.45) is 0.987. The summed E-state index contributed by atoms with van der Waals surface area (Å²) in [5.74, 6) is 1.51. The number of thiophene rings is 1. The summed E-state index contributed by atoms with van der Waals surface area (Å²) in [4.78, 5) is 11.6. The van der Waals surface area contributed by atoms with Crippen LogP contribution in [0.15, 0.2) is 36.4 Å². The van der Waals surface area contributed by atoms with Crippen LogP contribution in [-0.4, -0.2) is 28.2 Å². The summed E-state index contributed by atoms with van der Waals surface area (Å²) < 4.78 is 0. The predicted molar refractivity (Wildman–Crippen MR) is 87.8 cm³/mol. The van der Waals surface area contributed by atoms with E-state index < -0.39 is 0 Å². The lowest BCUT2D eigenvalue weighted by Gasteiger charge is -2.07. The standard InChI is InChI=1S/C16H17N3OS/c1-2-12-10-13-15(17-8-9-20)18-14(19-16(13)21-12)11-6-4-3-5-7-11/h3-7,10,20H,2,8-9H2,1H3,(H,17,18,19). The molecule has 3 rings (SSSR count). The number of aliphatic hydroxyl groups excluding tert-OH is 1. The van der Waals surface area contributed by atoms with Gasteiger partial charge in [0.15, 0.2) is 5.82 Å². The molecule has 2 heterocycles. The molecule has 5 heteroatoms. The first-order valence-electron chi connectivity index (χ1n) is 7.02. The Morgan fingerprint density at radius 3 is 2.71 bits per heavy atom.